The van der Waals surface area contributed by atoms with Crippen molar-refractivity contribution in [2.24, 2.45) is 0 Å². The summed E-state index contributed by atoms with van der Waals surface area (Å²) in [5, 5.41) is 12.4. The Balaban J connectivity index is 0.00000420. The molecule has 39 heavy (non-hydrogen) atoms. The molecule has 1 atom stereocenters. The van der Waals surface area contributed by atoms with Gasteiger partial charge in [0.05, 0.1) is 0 Å². The number of carboxylic acids is 1. The summed E-state index contributed by atoms with van der Waals surface area (Å²) in [7, 11) is 0. The second kappa shape index (κ2) is 15.4. The Morgan fingerprint density at radius 3 is 2.26 bits per heavy atom. The Morgan fingerprint density at radius 2 is 1.59 bits per heavy atom. The van der Waals surface area contributed by atoms with Crippen LogP contribution in [0.1, 0.15) is 77.1 Å². The summed E-state index contributed by atoms with van der Waals surface area (Å²) < 4.78 is 0. The zero-order valence-corrected chi connectivity index (χ0v) is 24.4. The van der Waals surface area contributed by atoms with E-state index in [1.54, 1.807) is 11.8 Å². The Morgan fingerprint density at radius 1 is 0.923 bits per heavy atom. The largest absolute Gasteiger partial charge is 1.00 e. The van der Waals surface area contributed by atoms with Gasteiger partial charge in [-0.05, 0) is 96.4 Å². The molecule has 4 nitrogen and oxygen atoms in total. The molecular formula is C33H39LiNO3S+. The number of carbonyl (C=O) groups excluding carboxylic acids is 1. The van der Waals surface area contributed by atoms with E-state index in [2.05, 4.69) is 35.6 Å². The van der Waals surface area contributed by atoms with E-state index in [1.807, 2.05) is 49.6 Å². The molecule has 0 bridgehead atoms. The maximum absolute atomic E-state index is 13.3. The van der Waals surface area contributed by atoms with Crippen LogP contribution in [0.2, 0.25) is 0 Å². The first kappa shape index (κ1) is 31.1. The Kier molecular flexibility index (Phi) is 12.2. The summed E-state index contributed by atoms with van der Waals surface area (Å²) in [6, 6.07) is 22.3. The smallest absolute Gasteiger partial charge is 0.480 e. The molecule has 2 N–H and O–H groups in total. The number of carboxylic acid groups (broad SMARTS) is 1. The Labute approximate surface area is 249 Å². The molecule has 3 aromatic carbocycles. The van der Waals surface area contributed by atoms with Crippen LogP contribution in [0.4, 0.5) is 0 Å². The first-order valence-electron chi connectivity index (χ1n) is 13.8. The number of carbonyl (C=O) groups is 2. The fraction of sp³-hybridized carbons (Fsp3) is 0.394. The van der Waals surface area contributed by atoms with Gasteiger partial charge in [-0.3, -0.25) is 4.79 Å². The minimum absolute atomic E-state index is 0. The van der Waals surface area contributed by atoms with Gasteiger partial charge in [-0.1, -0.05) is 79.9 Å². The van der Waals surface area contributed by atoms with Crippen LogP contribution in [0.15, 0.2) is 66.7 Å². The van der Waals surface area contributed by atoms with E-state index in [4.69, 9.17) is 0 Å². The van der Waals surface area contributed by atoms with Crippen LogP contribution in [0.5, 0.6) is 0 Å². The van der Waals surface area contributed by atoms with E-state index >= 15 is 0 Å². The van der Waals surface area contributed by atoms with Gasteiger partial charge < -0.3 is 10.4 Å². The normalized spacial score (nSPS) is 14.3. The van der Waals surface area contributed by atoms with Crippen LogP contribution in [0, 0.1) is 6.92 Å². The molecule has 200 valence electrons. The van der Waals surface area contributed by atoms with Crippen LogP contribution in [-0.2, 0) is 17.6 Å². The number of nitrogens with one attached hydrogen (secondary N) is 1. The first-order chi connectivity index (χ1) is 18.5. The zero-order valence-electron chi connectivity index (χ0n) is 23.5. The number of amides is 1. The van der Waals surface area contributed by atoms with Crippen molar-refractivity contribution in [2.45, 2.75) is 70.3 Å². The summed E-state index contributed by atoms with van der Waals surface area (Å²) >= 11 is 1.57. The predicted molar refractivity (Wildman–Crippen MR) is 158 cm³/mol. The molecular weight excluding hydrogens is 497 g/mol. The van der Waals surface area contributed by atoms with E-state index in [0.29, 0.717) is 17.7 Å². The molecule has 3 aromatic rings. The summed E-state index contributed by atoms with van der Waals surface area (Å²) in [4.78, 5) is 25.0. The van der Waals surface area contributed by atoms with E-state index in [-0.39, 0.29) is 24.8 Å². The number of rotatable bonds is 11. The number of thioether (sulfide) groups is 1. The molecule has 1 fully saturated rings. The van der Waals surface area contributed by atoms with Gasteiger partial charge in [0.1, 0.15) is 6.04 Å². The van der Waals surface area contributed by atoms with Gasteiger partial charge in [-0.2, -0.15) is 11.8 Å². The van der Waals surface area contributed by atoms with Gasteiger partial charge in [-0.15, -0.1) is 0 Å². The van der Waals surface area contributed by atoms with Gasteiger partial charge in [0, 0.05) is 5.56 Å². The van der Waals surface area contributed by atoms with Gasteiger partial charge >= 0.3 is 24.8 Å². The van der Waals surface area contributed by atoms with Crippen molar-refractivity contribution < 1.29 is 33.6 Å². The fourth-order valence-corrected chi connectivity index (χ4v) is 5.92. The van der Waals surface area contributed by atoms with Gasteiger partial charge in [0.25, 0.3) is 5.91 Å². The minimum atomic E-state index is -1.00. The van der Waals surface area contributed by atoms with E-state index in [1.165, 1.54) is 43.2 Å². The standard InChI is InChI=1S/C33H39NO3S.Li/c1-23-8-6-7-11-28(23)30-22-25(16-19-29(30)32(35)34-31(33(36)37)20-21-38-2)13-12-24-14-17-27(18-15-24)26-9-4-3-5-10-26;/h6-8,11,14-19,22,26,31H,3-5,9-10,12-13,20-21H2,1-2H3,(H,34,35)(H,36,37);/q;+1. The third kappa shape index (κ3) is 8.51. The maximum Gasteiger partial charge on any atom is 1.00 e. The van der Waals surface area contributed by atoms with Crippen molar-refractivity contribution in [1.29, 1.82) is 0 Å². The molecule has 1 saturated carbocycles. The van der Waals surface area contributed by atoms with Gasteiger partial charge in [-0.25, -0.2) is 4.79 Å². The molecule has 0 heterocycles. The number of hydrogen-bond donors (Lipinski definition) is 2. The van der Waals surface area contributed by atoms with E-state index in [9.17, 15) is 14.7 Å². The average molecular weight is 537 g/mol. The fourth-order valence-electron chi connectivity index (χ4n) is 5.45. The quantitative estimate of drug-likeness (QED) is 0.356. The Hall–Kier alpha value is -2.45. The monoisotopic (exact) mass is 536 g/mol. The molecule has 1 amide bonds. The molecule has 4 rings (SSSR count). The molecule has 1 aliphatic carbocycles. The van der Waals surface area contributed by atoms with E-state index in [0.717, 1.165) is 41.0 Å². The summed E-state index contributed by atoms with van der Waals surface area (Å²) in [5.41, 5.74) is 7.38. The minimum Gasteiger partial charge on any atom is -0.480 e. The first-order valence-corrected chi connectivity index (χ1v) is 15.2. The Bertz CT molecular complexity index is 1240. The van der Waals surface area contributed by atoms with Crippen LogP contribution in [0.25, 0.3) is 11.1 Å². The van der Waals surface area contributed by atoms with Gasteiger partial charge in [0.2, 0.25) is 0 Å². The van der Waals surface area contributed by atoms with Crippen LogP contribution < -0.4 is 24.2 Å². The van der Waals surface area contributed by atoms with Crippen molar-refractivity contribution in [3.63, 3.8) is 0 Å². The van der Waals surface area contributed by atoms with Crippen molar-refractivity contribution in [3.8, 4) is 11.1 Å². The van der Waals surface area contributed by atoms with Crippen LogP contribution in [-0.4, -0.2) is 35.0 Å². The topological polar surface area (TPSA) is 66.4 Å². The summed E-state index contributed by atoms with van der Waals surface area (Å²) in [6.07, 6.45) is 10.8. The van der Waals surface area contributed by atoms with Gasteiger partial charge in [0.15, 0.2) is 0 Å². The van der Waals surface area contributed by atoms with E-state index < -0.39 is 12.0 Å². The predicted octanol–water partition coefficient (Wildman–Crippen LogP) is 4.44. The molecule has 0 radical (unpaired) electrons. The second-order valence-electron chi connectivity index (χ2n) is 10.4. The second-order valence-corrected chi connectivity index (χ2v) is 11.4. The third-order valence-corrected chi connectivity index (χ3v) is 8.38. The van der Waals surface area contributed by atoms with Crippen molar-refractivity contribution in [3.05, 3.63) is 94.5 Å². The molecule has 1 unspecified atom stereocenters. The molecule has 0 aliphatic heterocycles. The van der Waals surface area contributed by atoms with Crippen molar-refractivity contribution >= 4 is 23.6 Å². The number of hydrogen-bond acceptors (Lipinski definition) is 3. The molecule has 0 saturated heterocycles. The van der Waals surface area contributed by atoms with Crippen molar-refractivity contribution in [1.82, 2.24) is 5.32 Å². The summed E-state index contributed by atoms with van der Waals surface area (Å²) in [6.45, 7) is 2.04. The molecule has 0 spiro atoms. The average Bonchev–Trinajstić information content (AvgIpc) is 2.95. The third-order valence-electron chi connectivity index (χ3n) is 7.74. The number of aliphatic carboxylic acids is 1. The van der Waals surface area contributed by atoms with Crippen LogP contribution in [0.3, 0.4) is 0 Å². The SMILES string of the molecule is CSCCC(NC(=O)c1ccc(CCc2ccc(C3CCCCC3)cc2)cc1-c1ccccc1C)C(=O)O.[Li+]. The summed E-state index contributed by atoms with van der Waals surface area (Å²) in [5.74, 6) is 0.0369. The zero-order chi connectivity index (χ0) is 26.9. The van der Waals surface area contributed by atoms with Crippen molar-refractivity contribution in [2.75, 3.05) is 12.0 Å². The number of aryl methyl sites for hydroxylation is 3. The molecule has 0 aromatic heterocycles. The number of benzene rings is 3. The molecule has 6 heteroatoms. The van der Waals surface area contributed by atoms with Crippen LogP contribution >= 0.6 is 11.8 Å². The molecule has 1 aliphatic rings. The maximum atomic E-state index is 13.3.